The number of halogens is 3. The van der Waals surface area contributed by atoms with Gasteiger partial charge in [0.15, 0.2) is 0 Å². The molecule has 0 unspecified atom stereocenters. The Labute approximate surface area is 142 Å². The Kier molecular flexibility index (Phi) is 6.86. The SMILES string of the molecule is C[C@H]1/C=C\C[C@H](Br)[C@@H]2C[C@@H](Cl)[C@@H](C[C@H](C=C=CBr)O1)O2. The van der Waals surface area contributed by atoms with Crippen molar-refractivity contribution in [2.45, 2.75) is 60.8 Å². The molecule has 0 aromatic rings. The van der Waals surface area contributed by atoms with Gasteiger partial charge in [-0.3, -0.25) is 0 Å². The number of fused-ring (bicyclic) bond motifs is 2. The first-order valence-electron chi connectivity index (χ1n) is 6.87. The zero-order chi connectivity index (χ0) is 14.5. The van der Waals surface area contributed by atoms with Gasteiger partial charge in [0.2, 0.25) is 0 Å². The maximum atomic E-state index is 6.44. The minimum Gasteiger partial charge on any atom is -0.372 e. The van der Waals surface area contributed by atoms with E-state index in [1.807, 2.05) is 13.0 Å². The van der Waals surface area contributed by atoms with Crippen LogP contribution in [-0.4, -0.2) is 34.6 Å². The van der Waals surface area contributed by atoms with E-state index >= 15 is 0 Å². The molecule has 0 aromatic carbocycles. The van der Waals surface area contributed by atoms with Crippen LogP contribution in [0.3, 0.4) is 0 Å². The molecular weight excluding hydrogens is 407 g/mol. The first kappa shape index (κ1) is 16.8. The van der Waals surface area contributed by atoms with Crippen LogP contribution in [0.15, 0.2) is 28.9 Å². The number of hydrogen-bond donors (Lipinski definition) is 0. The van der Waals surface area contributed by atoms with Crippen molar-refractivity contribution < 1.29 is 9.47 Å². The zero-order valence-electron chi connectivity index (χ0n) is 11.3. The summed E-state index contributed by atoms with van der Waals surface area (Å²) >= 11 is 13.4. The summed E-state index contributed by atoms with van der Waals surface area (Å²) in [5.41, 5.74) is 3.03. The molecule has 5 heteroatoms. The van der Waals surface area contributed by atoms with Crippen molar-refractivity contribution >= 4 is 43.5 Å². The van der Waals surface area contributed by atoms with E-state index in [4.69, 9.17) is 21.1 Å². The lowest BCUT2D eigenvalue weighted by atomic mass is 10.0. The molecule has 0 N–H and O–H groups in total. The molecule has 1 fully saturated rings. The summed E-state index contributed by atoms with van der Waals surface area (Å²) in [7, 11) is 0. The smallest absolute Gasteiger partial charge is 0.0862 e. The Morgan fingerprint density at radius 2 is 2.10 bits per heavy atom. The average molecular weight is 427 g/mol. The molecule has 112 valence electrons. The number of hydrogen-bond acceptors (Lipinski definition) is 2. The quantitative estimate of drug-likeness (QED) is 0.344. The normalized spacial score (nSPS) is 43.2. The van der Waals surface area contributed by atoms with Crippen molar-refractivity contribution in [1.82, 2.24) is 0 Å². The van der Waals surface area contributed by atoms with Crippen LogP contribution in [0.4, 0.5) is 0 Å². The lowest BCUT2D eigenvalue weighted by Crippen LogP contribution is -2.27. The molecule has 0 saturated carbocycles. The third kappa shape index (κ3) is 4.72. The van der Waals surface area contributed by atoms with Crippen molar-refractivity contribution in [3.8, 4) is 0 Å². The Hall–Kier alpha value is 0.430. The average Bonchev–Trinajstić information content (AvgIpc) is 2.75. The first-order valence-corrected chi connectivity index (χ1v) is 9.14. The van der Waals surface area contributed by atoms with E-state index in [0.29, 0.717) is 4.83 Å². The van der Waals surface area contributed by atoms with Gasteiger partial charge in [-0.05, 0) is 25.8 Å². The van der Waals surface area contributed by atoms with Crippen molar-refractivity contribution in [2.24, 2.45) is 0 Å². The third-order valence-corrected chi connectivity index (χ3v) is 5.27. The predicted octanol–water partition coefficient (Wildman–Crippen LogP) is 4.70. The lowest BCUT2D eigenvalue weighted by molar-refractivity contribution is -0.00956. The molecule has 1 saturated heterocycles. The van der Waals surface area contributed by atoms with E-state index in [-0.39, 0.29) is 29.8 Å². The van der Waals surface area contributed by atoms with Crippen molar-refractivity contribution in [3.05, 3.63) is 28.9 Å². The van der Waals surface area contributed by atoms with Gasteiger partial charge in [0, 0.05) is 16.2 Å². The highest BCUT2D eigenvalue weighted by Crippen LogP contribution is 2.34. The largest absolute Gasteiger partial charge is 0.372 e. The van der Waals surface area contributed by atoms with E-state index in [1.165, 1.54) is 0 Å². The first-order chi connectivity index (χ1) is 9.60. The maximum absolute atomic E-state index is 6.44. The summed E-state index contributed by atoms with van der Waals surface area (Å²) < 4.78 is 12.1. The molecule has 0 aromatic heterocycles. The molecule has 0 aliphatic carbocycles. The van der Waals surface area contributed by atoms with Gasteiger partial charge in [-0.1, -0.05) is 44.0 Å². The summed E-state index contributed by atoms with van der Waals surface area (Å²) in [4.78, 5) is 2.01. The second-order valence-electron chi connectivity index (χ2n) is 5.20. The van der Waals surface area contributed by atoms with Crippen molar-refractivity contribution in [3.63, 3.8) is 0 Å². The number of alkyl halides is 2. The molecular formula is C15H19Br2ClO2. The molecule has 0 amide bonds. The Balaban J connectivity index is 2.16. The second-order valence-corrected chi connectivity index (χ2v) is 7.40. The number of allylic oxidation sites excluding steroid dienone is 1. The van der Waals surface area contributed by atoms with Crippen molar-refractivity contribution in [1.29, 1.82) is 0 Å². The van der Waals surface area contributed by atoms with Gasteiger partial charge in [-0.15, -0.1) is 17.3 Å². The van der Waals surface area contributed by atoms with Gasteiger partial charge in [0.05, 0.1) is 29.8 Å². The van der Waals surface area contributed by atoms with Crippen molar-refractivity contribution in [2.75, 3.05) is 0 Å². The molecule has 2 rings (SSSR count). The monoisotopic (exact) mass is 424 g/mol. The third-order valence-electron chi connectivity index (χ3n) is 3.58. The Bertz CT molecular complexity index is 407. The molecule has 2 heterocycles. The van der Waals surface area contributed by atoms with Crippen LogP contribution in [0.5, 0.6) is 0 Å². The molecule has 2 aliphatic heterocycles. The summed E-state index contributed by atoms with van der Waals surface area (Å²) in [5, 5.41) is 0.0474. The fourth-order valence-corrected chi connectivity index (χ4v) is 3.63. The van der Waals surface area contributed by atoms with E-state index < -0.39 is 0 Å². The van der Waals surface area contributed by atoms with Gasteiger partial charge in [-0.2, -0.15) is 0 Å². The molecule has 2 bridgehead atoms. The van der Waals surface area contributed by atoms with Crippen LogP contribution >= 0.6 is 43.5 Å². The summed E-state index contributed by atoms with van der Waals surface area (Å²) in [6.07, 6.45) is 8.98. The molecule has 0 spiro atoms. The van der Waals surface area contributed by atoms with Crippen LogP contribution in [0, 0.1) is 0 Å². The number of ether oxygens (including phenoxy) is 2. The molecule has 2 nitrogen and oxygen atoms in total. The minimum atomic E-state index is -0.0414. The van der Waals surface area contributed by atoms with E-state index in [1.54, 1.807) is 4.99 Å². The lowest BCUT2D eigenvalue weighted by Gasteiger charge is -2.22. The highest BCUT2D eigenvalue weighted by Gasteiger charge is 2.38. The molecule has 6 atom stereocenters. The fraction of sp³-hybridized carbons (Fsp3) is 0.667. The maximum Gasteiger partial charge on any atom is 0.0862 e. The highest BCUT2D eigenvalue weighted by molar-refractivity contribution is 9.11. The van der Waals surface area contributed by atoms with E-state index in [0.717, 1.165) is 19.3 Å². The standard InChI is InChI=1S/C15H19Br2ClO2/c1-10-4-2-6-12(17)14-9-13(18)15(20-14)8-11(19-10)5-3-7-16/h2,4-5,7,10-15H,6,8-9H2,1H3/b4-2-/t3?,10-,11-,12-,13+,14-,15+/m0/s1. The fourth-order valence-electron chi connectivity index (χ4n) is 2.58. The van der Waals surface area contributed by atoms with Crippen LogP contribution in [0.25, 0.3) is 0 Å². The molecule has 0 radical (unpaired) electrons. The van der Waals surface area contributed by atoms with Crippen LogP contribution in [0.1, 0.15) is 26.2 Å². The van der Waals surface area contributed by atoms with Crippen LogP contribution in [-0.2, 0) is 9.47 Å². The van der Waals surface area contributed by atoms with E-state index in [9.17, 15) is 0 Å². The number of rotatable bonds is 1. The minimum absolute atomic E-state index is 0.0328. The van der Waals surface area contributed by atoms with Gasteiger partial charge >= 0.3 is 0 Å². The van der Waals surface area contributed by atoms with Crippen LogP contribution in [0.2, 0.25) is 0 Å². The highest BCUT2D eigenvalue weighted by atomic mass is 79.9. The Morgan fingerprint density at radius 3 is 2.85 bits per heavy atom. The summed E-state index contributed by atoms with van der Waals surface area (Å²) in [6, 6.07) is 0. The van der Waals surface area contributed by atoms with Gasteiger partial charge < -0.3 is 9.47 Å². The van der Waals surface area contributed by atoms with Gasteiger partial charge in [0.25, 0.3) is 0 Å². The topological polar surface area (TPSA) is 18.5 Å². The molecule has 2 aliphatic rings. The van der Waals surface area contributed by atoms with Gasteiger partial charge in [-0.25, -0.2) is 0 Å². The summed E-state index contributed by atoms with van der Waals surface area (Å²) in [5.74, 6) is 0. The molecule has 20 heavy (non-hydrogen) atoms. The van der Waals surface area contributed by atoms with E-state index in [2.05, 4.69) is 49.7 Å². The zero-order valence-corrected chi connectivity index (χ0v) is 15.3. The van der Waals surface area contributed by atoms with Crippen LogP contribution < -0.4 is 0 Å². The Morgan fingerprint density at radius 1 is 1.30 bits per heavy atom. The van der Waals surface area contributed by atoms with Gasteiger partial charge in [0.1, 0.15) is 0 Å². The predicted molar refractivity (Wildman–Crippen MR) is 89.9 cm³/mol. The second kappa shape index (κ2) is 8.17. The summed E-state index contributed by atoms with van der Waals surface area (Å²) in [6.45, 7) is 2.05.